The van der Waals surface area contributed by atoms with Crippen LogP contribution in [0.1, 0.15) is 80.0 Å². The van der Waals surface area contributed by atoms with Crippen LogP contribution >= 0.6 is 0 Å². The molecule has 0 radical (unpaired) electrons. The van der Waals surface area contributed by atoms with Crippen LogP contribution in [0.2, 0.25) is 0 Å². The molecule has 2 aliphatic carbocycles. The SMILES string of the molecule is CCCC1CCC(c2ccc(C3=Cc4cccc(F)c4CC3)c(F)c2)CC1. The number of fused-ring (bicyclic) bond motifs is 1. The smallest absolute Gasteiger partial charge is 0.130 e. The molecular weight excluding hydrogens is 338 g/mol. The van der Waals surface area contributed by atoms with Gasteiger partial charge in [0.15, 0.2) is 0 Å². The lowest BCUT2D eigenvalue weighted by Gasteiger charge is -2.29. The quantitative estimate of drug-likeness (QED) is 0.525. The first-order chi connectivity index (χ1) is 13.2. The van der Waals surface area contributed by atoms with Crippen LogP contribution in [-0.2, 0) is 6.42 Å². The highest BCUT2D eigenvalue weighted by Gasteiger charge is 2.23. The van der Waals surface area contributed by atoms with Crippen LogP contribution < -0.4 is 0 Å². The summed E-state index contributed by atoms with van der Waals surface area (Å²) in [6.07, 6.45) is 10.8. The number of rotatable bonds is 4. The van der Waals surface area contributed by atoms with Crippen molar-refractivity contribution in [3.8, 4) is 0 Å². The fourth-order valence-electron chi connectivity index (χ4n) is 4.94. The fourth-order valence-corrected chi connectivity index (χ4v) is 4.94. The standard InChI is InChI=1S/C25H28F2/c1-2-4-17-7-9-18(10-8-17)19-11-13-23(25(27)16-19)21-12-14-22-20(15-21)5-3-6-24(22)26/h3,5-6,11,13,15-18H,2,4,7-10,12,14H2,1H3. The van der Waals surface area contributed by atoms with Gasteiger partial charge in [-0.25, -0.2) is 8.78 Å². The molecule has 0 aliphatic heterocycles. The Labute approximate surface area is 161 Å². The van der Waals surface area contributed by atoms with Gasteiger partial charge in [-0.3, -0.25) is 0 Å². The fraction of sp³-hybridized carbons (Fsp3) is 0.440. The van der Waals surface area contributed by atoms with Gasteiger partial charge in [-0.2, -0.15) is 0 Å². The summed E-state index contributed by atoms with van der Waals surface area (Å²) >= 11 is 0. The van der Waals surface area contributed by atoms with E-state index in [0.29, 0.717) is 24.3 Å². The van der Waals surface area contributed by atoms with Gasteiger partial charge in [-0.1, -0.05) is 50.1 Å². The molecule has 142 valence electrons. The average Bonchev–Trinajstić information content (AvgIpc) is 2.69. The first-order valence-corrected chi connectivity index (χ1v) is 10.4. The van der Waals surface area contributed by atoms with Crippen molar-refractivity contribution in [3.63, 3.8) is 0 Å². The Hall–Kier alpha value is -1.96. The van der Waals surface area contributed by atoms with E-state index < -0.39 is 0 Å². The molecule has 0 N–H and O–H groups in total. The molecule has 2 aromatic carbocycles. The van der Waals surface area contributed by atoms with Crippen LogP contribution in [0.4, 0.5) is 8.78 Å². The Bertz CT molecular complexity index is 841. The summed E-state index contributed by atoms with van der Waals surface area (Å²) in [6.45, 7) is 2.26. The third kappa shape index (κ3) is 3.85. The number of hydrogen-bond acceptors (Lipinski definition) is 0. The molecule has 2 heteroatoms. The maximum Gasteiger partial charge on any atom is 0.130 e. The predicted molar refractivity (Wildman–Crippen MR) is 109 cm³/mol. The van der Waals surface area contributed by atoms with Gasteiger partial charge >= 0.3 is 0 Å². The number of benzene rings is 2. The molecule has 4 rings (SSSR count). The molecule has 0 heterocycles. The van der Waals surface area contributed by atoms with Gasteiger partial charge < -0.3 is 0 Å². The molecule has 0 unspecified atom stereocenters. The molecule has 1 saturated carbocycles. The van der Waals surface area contributed by atoms with E-state index in [1.54, 1.807) is 12.1 Å². The Kier molecular flexibility index (Phi) is 5.43. The zero-order chi connectivity index (χ0) is 18.8. The van der Waals surface area contributed by atoms with Crippen LogP contribution in [0.15, 0.2) is 36.4 Å². The molecule has 27 heavy (non-hydrogen) atoms. The van der Waals surface area contributed by atoms with E-state index in [-0.39, 0.29) is 11.6 Å². The minimum absolute atomic E-state index is 0.130. The van der Waals surface area contributed by atoms with Crippen LogP contribution in [0.25, 0.3) is 11.6 Å². The van der Waals surface area contributed by atoms with Crippen LogP contribution in [0.3, 0.4) is 0 Å². The largest absolute Gasteiger partial charge is 0.207 e. The number of hydrogen-bond donors (Lipinski definition) is 0. The summed E-state index contributed by atoms with van der Waals surface area (Å²) in [5, 5.41) is 0. The van der Waals surface area contributed by atoms with Crippen LogP contribution in [0.5, 0.6) is 0 Å². The third-order valence-corrected chi connectivity index (χ3v) is 6.48. The molecule has 0 spiro atoms. The lowest BCUT2D eigenvalue weighted by atomic mass is 9.77. The Balaban J connectivity index is 1.53. The van der Waals surface area contributed by atoms with Gasteiger partial charge in [0.1, 0.15) is 11.6 Å². The van der Waals surface area contributed by atoms with Crippen molar-refractivity contribution in [2.75, 3.05) is 0 Å². The van der Waals surface area contributed by atoms with Gasteiger partial charge in [0.25, 0.3) is 0 Å². The Morgan fingerprint density at radius 3 is 2.48 bits per heavy atom. The van der Waals surface area contributed by atoms with Crippen molar-refractivity contribution in [3.05, 3.63) is 70.3 Å². The van der Waals surface area contributed by atoms with E-state index in [1.807, 2.05) is 18.2 Å². The molecule has 2 aromatic rings. The zero-order valence-corrected chi connectivity index (χ0v) is 16.1. The van der Waals surface area contributed by atoms with E-state index in [4.69, 9.17) is 0 Å². The second kappa shape index (κ2) is 7.96. The highest BCUT2D eigenvalue weighted by Crippen LogP contribution is 2.39. The second-order valence-corrected chi connectivity index (χ2v) is 8.22. The molecule has 2 aliphatic rings. The molecule has 0 saturated heterocycles. The van der Waals surface area contributed by atoms with E-state index in [0.717, 1.165) is 28.2 Å². The van der Waals surface area contributed by atoms with E-state index >= 15 is 0 Å². The lowest BCUT2D eigenvalue weighted by molar-refractivity contribution is 0.308. The topological polar surface area (TPSA) is 0 Å². The normalized spacial score (nSPS) is 22.3. The van der Waals surface area contributed by atoms with Crippen molar-refractivity contribution in [1.29, 1.82) is 0 Å². The highest BCUT2D eigenvalue weighted by molar-refractivity contribution is 5.84. The zero-order valence-electron chi connectivity index (χ0n) is 16.1. The van der Waals surface area contributed by atoms with E-state index in [2.05, 4.69) is 13.0 Å². The monoisotopic (exact) mass is 366 g/mol. The molecule has 0 bridgehead atoms. The average molecular weight is 366 g/mol. The molecular formula is C25H28F2. The summed E-state index contributed by atoms with van der Waals surface area (Å²) in [6, 6.07) is 11.0. The molecule has 0 atom stereocenters. The molecule has 1 fully saturated rings. The van der Waals surface area contributed by atoms with Gasteiger partial charge in [-0.15, -0.1) is 0 Å². The van der Waals surface area contributed by atoms with Crippen LogP contribution in [0, 0.1) is 17.6 Å². The Morgan fingerprint density at radius 2 is 1.74 bits per heavy atom. The van der Waals surface area contributed by atoms with E-state index in [1.165, 1.54) is 44.6 Å². The highest BCUT2D eigenvalue weighted by atomic mass is 19.1. The van der Waals surface area contributed by atoms with Gasteiger partial charge in [0.2, 0.25) is 0 Å². The number of halogens is 2. The maximum absolute atomic E-state index is 14.9. The summed E-state index contributed by atoms with van der Waals surface area (Å²) in [5.74, 6) is 1.08. The van der Waals surface area contributed by atoms with Crippen molar-refractivity contribution < 1.29 is 8.78 Å². The molecule has 0 amide bonds. The Morgan fingerprint density at radius 1 is 0.926 bits per heavy atom. The van der Waals surface area contributed by atoms with Crippen molar-refractivity contribution >= 4 is 11.6 Å². The second-order valence-electron chi connectivity index (χ2n) is 8.22. The summed E-state index contributed by atoms with van der Waals surface area (Å²) in [4.78, 5) is 0. The summed E-state index contributed by atoms with van der Waals surface area (Å²) < 4.78 is 28.8. The first-order valence-electron chi connectivity index (χ1n) is 10.4. The molecule has 0 nitrogen and oxygen atoms in total. The van der Waals surface area contributed by atoms with Crippen molar-refractivity contribution in [2.45, 2.75) is 64.2 Å². The minimum atomic E-state index is -0.155. The minimum Gasteiger partial charge on any atom is -0.207 e. The first kappa shape index (κ1) is 18.4. The van der Waals surface area contributed by atoms with Crippen molar-refractivity contribution in [1.82, 2.24) is 0 Å². The molecule has 0 aromatic heterocycles. The predicted octanol–water partition coefficient (Wildman–Crippen LogP) is 7.53. The lowest BCUT2D eigenvalue weighted by Crippen LogP contribution is -2.13. The maximum atomic E-state index is 14.9. The van der Waals surface area contributed by atoms with Gasteiger partial charge in [0.05, 0.1) is 0 Å². The summed E-state index contributed by atoms with van der Waals surface area (Å²) in [7, 11) is 0. The third-order valence-electron chi connectivity index (χ3n) is 6.48. The van der Waals surface area contributed by atoms with Crippen LogP contribution in [-0.4, -0.2) is 0 Å². The van der Waals surface area contributed by atoms with Crippen molar-refractivity contribution in [2.24, 2.45) is 5.92 Å². The van der Waals surface area contributed by atoms with Gasteiger partial charge in [0, 0.05) is 5.56 Å². The van der Waals surface area contributed by atoms with Gasteiger partial charge in [-0.05, 0) is 84.8 Å². The number of allylic oxidation sites excluding steroid dienone is 1. The summed E-state index contributed by atoms with van der Waals surface area (Å²) in [5.41, 5.74) is 4.43. The van der Waals surface area contributed by atoms with E-state index in [9.17, 15) is 8.78 Å².